The number of aromatic carboxylic acids is 1. The Kier molecular flexibility index (Phi) is 2.86. The zero-order valence-corrected chi connectivity index (χ0v) is 9.06. The van der Waals surface area contributed by atoms with Crippen molar-refractivity contribution in [3.05, 3.63) is 23.8 Å². The third kappa shape index (κ3) is 2.47. The van der Waals surface area contributed by atoms with Gasteiger partial charge in [0.1, 0.15) is 0 Å². The van der Waals surface area contributed by atoms with Crippen molar-refractivity contribution in [2.24, 2.45) is 0 Å². The van der Waals surface area contributed by atoms with Gasteiger partial charge in [-0.15, -0.1) is 0 Å². The standard InChI is InChI=1S/C11H13N3O3/c12-6-1-2-9(8(3-6)11(16)17)14-7-4-10(15)13-5-7/h1-3,7,14H,4-5,12H2,(H,13,15)(H,16,17). The highest BCUT2D eigenvalue weighted by atomic mass is 16.4. The summed E-state index contributed by atoms with van der Waals surface area (Å²) in [5.41, 5.74) is 6.53. The molecule has 1 aliphatic rings. The average Bonchev–Trinajstić information content (AvgIpc) is 2.66. The van der Waals surface area contributed by atoms with E-state index in [4.69, 9.17) is 10.8 Å². The Morgan fingerprint density at radius 3 is 2.88 bits per heavy atom. The smallest absolute Gasteiger partial charge is 0.337 e. The van der Waals surface area contributed by atoms with E-state index in [0.29, 0.717) is 24.3 Å². The van der Waals surface area contributed by atoms with Crippen molar-refractivity contribution in [3.63, 3.8) is 0 Å². The van der Waals surface area contributed by atoms with Gasteiger partial charge < -0.3 is 21.5 Å². The molecular formula is C11H13N3O3. The molecule has 1 unspecified atom stereocenters. The maximum Gasteiger partial charge on any atom is 0.337 e. The lowest BCUT2D eigenvalue weighted by atomic mass is 10.1. The third-order valence-corrected chi connectivity index (χ3v) is 2.61. The lowest BCUT2D eigenvalue weighted by Crippen LogP contribution is -2.23. The second-order valence-electron chi connectivity index (χ2n) is 3.96. The summed E-state index contributed by atoms with van der Waals surface area (Å²) in [5, 5.41) is 14.7. The molecule has 17 heavy (non-hydrogen) atoms. The van der Waals surface area contributed by atoms with E-state index >= 15 is 0 Å². The minimum absolute atomic E-state index is 0.0326. The second-order valence-corrected chi connectivity index (χ2v) is 3.96. The number of carbonyl (C=O) groups excluding carboxylic acids is 1. The fraction of sp³-hybridized carbons (Fsp3) is 0.273. The van der Waals surface area contributed by atoms with Gasteiger partial charge in [-0.05, 0) is 18.2 Å². The van der Waals surface area contributed by atoms with Gasteiger partial charge in [0.15, 0.2) is 0 Å². The zero-order valence-electron chi connectivity index (χ0n) is 9.06. The van der Waals surface area contributed by atoms with Crippen LogP contribution in [0.3, 0.4) is 0 Å². The van der Waals surface area contributed by atoms with Crippen molar-refractivity contribution in [2.45, 2.75) is 12.5 Å². The van der Waals surface area contributed by atoms with Crippen molar-refractivity contribution in [3.8, 4) is 0 Å². The monoisotopic (exact) mass is 235 g/mol. The van der Waals surface area contributed by atoms with E-state index in [0.717, 1.165) is 0 Å². The Labute approximate surface area is 97.8 Å². The molecule has 1 aromatic rings. The van der Waals surface area contributed by atoms with E-state index in [1.54, 1.807) is 12.1 Å². The van der Waals surface area contributed by atoms with E-state index in [9.17, 15) is 9.59 Å². The highest BCUT2D eigenvalue weighted by molar-refractivity contribution is 5.95. The first-order chi connectivity index (χ1) is 8.06. The van der Waals surface area contributed by atoms with Crippen LogP contribution in [0.25, 0.3) is 0 Å². The minimum Gasteiger partial charge on any atom is -0.478 e. The summed E-state index contributed by atoms with van der Waals surface area (Å²) >= 11 is 0. The van der Waals surface area contributed by atoms with E-state index in [1.807, 2.05) is 0 Å². The quantitative estimate of drug-likeness (QED) is 0.563. The molecule has 0 aromatic heterocycles. The number of carbonyl (C=O) groups is 2. The van der Waals surface area contributed by atoms with Gasteiger partial charge in [0.25, 0.3) is 0 Å². The van der Waals surface area contributed by atoms with Crippen LogP contribution in [0.2, 0.25) is 0 Å². The number of nitrogens with one attached hydrogen (secondary N) is 2. The molecule has 0 aliphatic carbocycles. The fourth-order valence-corrected chi connectivity index (χ4v) is 1.79. The molecule has 1 saturated heterocycles. The number of carboxylic acid groups (broad SMARTS) is 1. The van der Waals surface area contributed by atoms with Crippen molar-refractivity contribution >= 4 is 23.3 Å². The van der Waals surface area contributed by atoms with E-state index in [2.05, 4.69) is 10.6 Å². The van der Waals surface area contributed by atoms with Gasteiger partial charge in [-0.3, -0.25) is 4.79 Å². The van der Waals surface area contributed by atoms with Crippen LogP contribution in [0.4, 0.5) is 11.4 Å². The molecule has 1 heterocycles. The summed E-state index contributed by atoms with van der Waals surface area (Å²) in [6, 6.07) is 4.55. The largest absolute Gasteiger partial charge is 0.478 e. The fourth-order valence-electron chi connectivity index (χ4n) is 1.79. The molecule has 90 valence electrons. The van der Waals surface area contributed by atoms with Gasteiger partial charge in [-0.25, -0.2) is 4.79 Å². The normalized spacial score (nSPS) is 18.8. The molecule has 0 bridgehead atoms. The Bertz CT molecular complexity index is 473. The Morgan fingerprint density at radius 2 is 2.29 bits per heavy atom. The van der Waals surface area contributed by atoms with Gasteiger partial charge in [0.2, 0.25) is 5.91 Å². The summed E-state index contributed by atoms with van der Waals surface area (Å²) in [5.74, 6) is -1.08. The number of nitrogen functional groups attached to an aromatic ring is 1. The lowest BCUT2D eigenvalue weighted by molar-refractivity contribution is -0.119. The van der Waals surface area contributed by atoms with Crippen LogP contribution in [0.15, 0.2) is 18.2 Å². The summed E-state index contributed by atoms with van der Waals surface area (Å²) in [6.45, 7) is 0.502. The van der Waals surface area contributed by atoms with E-state index in [-0.39, 0.29) is 17.5 Å². The Hall–Kier alpha value is -2.24. The predicted molar refractivity (Wildman–Crippen MR) is 62.9 cm³/mol. The Balaban J connectivity index is 2.20. The number of hydrogen-bond acceptors (Lipinski definition) is 4. The van der Waals surface area contributed by atoms with Crippen molar-refractivity contribution < 1.29 is 14.7 Å². The minimum atomic E-state index is -1.04. The first-order valence-corrected chi connectivity index (χ1v) is 5.22. The predicted octanol–water partition coefficient (Wildman–Crippen LogP) is 0.267. The topological polar surface area (TPSA) is 104 Å². The lowest BCUT2D eigenvalue weighted by Gasteiger charge is -2.14. The molecular weight excluding hydrogens is 222 g/mol. The van der Waals surface area contributed by atoms with Crippen LogP contribution in [0.1, 0.15) is 16.8 Å². The van der Waals surface area contributed by atoms with Crippen LogP contribution in [-0.2, 0) is 4.79 Å². The molecule has 0 saturated carbocycles. The number of hydrogen-bond donors (Lipinski definition) is 4. The zero-order chi connectivity index (χ0) is 12.4. The number of rotatable bonds is 3. The molecule has 6 nitrogen and oxygen atoms in total. The molecule has 1 atom stereocenters. The number of carboxylic acids is 1. The maximum atomic E-state index is 11.0. The first kappa shape index (κ1) is 11.3. The maximum absolute atomic E-state index is 11.0. The third-order valence-electron chi connectivity index (χ3n) is 2.61. The summed E-state index contributed by atoms with van der Waals surface area (Å²) in [6.07, 6.45) is 0.351. The van der Waals surface area contributed by atoms with Crippen LogP contribution in [-0.4, -0.2) is 29.6 Å². The van der Waals surface area contributed by atoms with Gasteiger partial charge in [-0.1, -0.05) is 0 Å². The molecule has 6 heteroatoms. The number of nitrogens with two attached hydrogens (primary N) is 1. The van der Waals surface area contributed by atoms with Gasteiger partial charge in [-0.2, -0.15) is 0 Å². The number of anilines is 2. The van der Waals surface area contributed by atoms with Crippen LogP contribution in [0.5, 0.6) is 0 Å². The highest BCUT2D eigenvalue weighted by Crippen LogP contribution is 2.21. The summed E-state index contributed by atoms with van der Waals surface area (Å²) < 4.78 is 0. The number of amides is 1. The van der Waals surface area contributed by atoms with Crippen LogP contribution >= 0.6 is 0 Å². The SMILES string of the molecule is Nc1ccc(NC2CNC(=O)C2)c(C(=O)O)c1. The molecule has 0 spiro atoms. The molecule has 1 amide bonds. The highest BCUT2D eigenvalue weighted by Gasteiger charge is 2.22. The molecule has 1 aliphatic heterocycles. The molecule has 0 radical (unpaired) electrons. The van der Waals surface area contributed by atoms with Crippen LogP contribution < -0.4 is 16.4 Å². The van der Waals surface area contributed by atoms with Crippen molar-refractivity contribution in [1.29, 1.82) is 0 Å². The summed E-state index contributed by atoms with van der Waals surface area (Å²) in [7, 11) is 0. The van der Waals surface area contributed by atoms with Gasteiger partial charge >= 0.3 is 5.97 Å². The molecule has 2 rings (SSSR count). The molecule has 1 fully saturated rings. The first-order valence-electron chi connectivity index (χ1n) is 5.22. The van der Waals surface area contributed by atoms with Crippen molar-refractivity contribution in [2.75, 3.05) is 17.6 Å². The van der Waals surface area contributed by atoms with Gasteiger partial charge in [0, 0.05) is 24.3 Å². The molecule has 5 N–H and O–H groups in total. The van der Waals surface area contributed by atoms with Crippen molar-refractivity contribution in [1.82, 2.24) is 5.32 Å². The second kappa shape index (κ2) is 4.32. The Morgan fingerprint density at radius 1 is 1.53 bits per heavy atom. The summed E-state index contributed by atoms with van der Waals surface area (Å²) in [4.78, 5) is 22.1. The van der Waals surface area contributed by atoms with Gasteiger partial charge in [0.05, 0.1) is 11.6 Å². The molecule has 1 aromatic carbocycles. The van der Waals surface area contributed by atoms with E-state index < -0.39 is 5.97 Å². The van der Waals surface area contributed by atoms with Crippen LogP contribution in [0, 0.1) is 0 Å². The number of benzene rings is 1. The average molecular weight is 235 g/mol. The van der Waals surface area contributed by atoms with E-state index in [1.165, 1.54) is 6.07 Å².